The fourth-order valence-corrected chi connectivity index (χ4v) is 3.44. The lowest BCUT2D eigenvalue weighted by Crippen LogP contribution is -2.49. The maximum absolute atomic E-state index is 6.28. The van der Waals surface area contributed by atoms with E-state index in [0.29, 0.717) is 12.1 Å². The number of anilines is 2. The molecule has 2 unspecified atom stereocenters. The Bertz CT molecular complexity index is 457. The summed E-state index contributed by atoms with van der Waals surface area (Å²) in [5, 5.41) is 4.60. The van der Waals surface area contributed by atoms with Gasteiger partial charge in [-0.05, 0) is 32.6 Å². The fourth-order valence-electron chi connectivity index (χ4n) is 3.44. The van der Waals surface area contributed by atoms with Crippen molar-refractivity contribution in [3.63, 3.8) is 0 Å². The minimum Gasteiger partial charge on any atom is -0.394 e. The Labute approximate surface area is 114 Å². The first-order chi connectivity index (χ1) is 9.22. The molecule has 106 valence electrons. The summed E-state index contributed by atoms with van der Waals surface area (Å²) in [6, 6.07) is 0.489. The van der Waals surface area contributed by atoms with Crippen LogP contribution in [0.3, 0.4) is 0 Å². The highest BCUT2D eigenvalue weighted by Gasteiger charge is 2.38. The van der Waals surface area contributed by atoms with Crippen molar-refractivity contribution in [1.82, 2.24) is 9.78 Å². The van der Waals surface area contributed by atoms with Crippen molar-refractivity contribution in [3.8, 4) is 0 Å². The minimum absolute atomic E-state index is 0.387. The number of nitrogens with two attached hydrogens (primary N) is 1. The summed E-state index contributed by atoms with van der Waals surface area (Å²) in [5.41, 5.74) is 8.08. The van der Waals surface area contributed by atoms with Crippen molar-refractivity contribution in [2.45, 2.75) is 58.2 Å². The molecule has 3 rings (SSSR count). The maximum atomic E-state index is 6.28. The van der Waals surface area contributed by atoms with Crippen LogP contribution in [0.4, 0.5) is 11.5 Å². The van der Waals surface area contributed by atoms with Crippen molar-refractivity contribution >= 4 is 11.5 Å². The van der Waals surface area contributed by atoms with Crippen molar-refractivity contribution in [2.75, 3.05) is 23.8 Å². The third kappa shape index (κ3) is 2.10. The number of aryl methyl sites for hydroxylation is 2. The molecule has 19 heavy (non-hydrogen) atoms. The van der Waals surface area contributed by atoms with Gasteiger partial charge in [0.25, 0.3) is 0 Å². The lowest BCUT2D eigenvalue weighted by molar-refractivity contribution is 0.0250. The van der Waals surface area contributed by atoms with Crippen LogP contribution in [0.1, 0.15) is 38.3 Å². The van der Waals surface area contributed by atoms with Gasteiger partial charge in [0.05, 0.1) is 30.1 Å². The summed E-state index contributed by atoms with van der Waals surface area (Å²) in [5.74, 6) is 1.12. The van der Waals surface area contributed by atoms with E-state index in [1.807, 2.05) is 6.92 Å². The molecule has 5 nitrogen and oxygen atoms in total. The average molecular weight is 264 g/mol. The molecule has 2 aliphatic rings. The van der Waals surface area contributed by atoms with E-state index in [9.17, 15) is 0 Å². The lowest BCUT2D eigenvalue weighted by Gasteiger charge is -2.39. The van der Waals surface area contributed by atoms with Crippen LogP contribution in [0.15, 0.2) is 0 Å². The molecule has 5 heteroatoms. The van der Waals surface area contributed by atoms with Gasteiger partial charge in [-0.25, -0.2) is 4.68 Å². The Morgan fingerprint density at radius 1 is 1.42 bits per heavy atom. The molecule has 2 heterocycles. The smallest absolute Gasteiger partial charge is 0.151 e. The van der Waals surface area contributed by atoms with Gasteiger partial charge in [0.1, 0.15) is 0 Å². The van der Waals surface area contributed by atoms with E-state index in [1.54, 1.807) is 0 Å². The van der Waals surface area contributed by atoms with Gasteiger partial charge >= 0.3 is 0 Å². The fraction of sp³-hybridized carbons (Fsp3) is 0.786. The molecule has 0 amide bonds. The molecule has 0 radical (unpaired) electrons. The van der Waals surface area contributed by atoms with Crippen molar-refractivity contribution in [2.24, 2.45) is 0 Å². The highest BCUT2D eigenvalue weighted by atomic mass is 16.5. The predicted molar refractivity (Wildman–Crippen MR) is 76.4 cm³/mol. The molecule has 2 atom stereocenters. The quantitative estimate of drug-likeness (QED) is 0.906. The number of aromatic nitrogens is 2. The number of hydrogen-bond acceptors (Lipinski definition) is 4. The molecule has 1 saturated carbocycles. The normalized spacial score (nSPS) is 26.7. The summed E-state index contributed by atoms with van der Waals surface area (Å²) in [7, 11) is 0. The highest BCUT2D eigenvalue weighted by molar-refractivity contribution is 5.67. The van der Waals surface area contributed by atoms with Crippen LogP contribution in [-0.2, 0) is 11.3 Å². The van der Waals surface area contributed by atoms with Gasteiger partial charge in [-0.3, -0.25) is 0 Å². The van der Waals surface area contributed by atoms with Crippen LogP contribution in [0.25, 0.3) is 0 Å². The predicted octanol–water partition coefficient (Wildman–Crippen LogP) is 1.94. The summed E-state index contributed by atoms with van der Waals surface area (Å²) >= 11 is 0. The van der Waals surface area contributed by atoms with Gasteiger partial charge < -0.3 is 15.4 Å². The molecule has 0 bridgehead atoms. The van der Waals surface area contributed by atoms with Crippen LogP contribution in [0, 0.1) is 6.92 Å². The summed E-state index contributed by atoms with van der Waals surface area (Å²) < 4.78 is 7.98. The number of ether oxygens (including phenoxy) is 1. The monoisotopic (exact) mass is 264 g/mol. The maximum Gasteiger partial charge on any atom is 0.151 e. The minimum atomic E-state index is 0.387. The van der Waals surface area contributed by atoms with Gasteiger partial charge in [-0.2, -0.15) is 5.10 Å². The molecule has 0 aromatic carbocycles. The standard InChI is InChI=1S/C14H24N4O/c1-3-7-18-14(13(15)10(2)16-18)17-8-9-19-12-6-4-5-11(12)17/h11-12H,3-9,15H2,1-2H3. The SMILES string of the molecule is CCCn1nc(C)c(N)c1N1CCOC2CCCC21. The Hall–Kier alpha value is -1.23. The Balaban J connectivity index is 1.95. The number of fused-ring (bicyclic) bond motifs is 1. The summed E-state index contributed by atoms with van der Waals surface area (Å²) in [4.78, 5) is 2.45. The van der Waals surface area contributed by atoms with Crippen LogP contribution in [-0.4, -0.2) is 35.1 Å². The second-order valence-electron chi connectivity index (χ2n) is 5.65. The van der Waals surface area contributed by atoms with Crippen molar-refractivity contribution < 1.29 is 4.74 Å². The van der Waals surface area contributed by atoms with Gasteiger partial charge in [0.15, 0.2) is 5.82 Å². The molecule has 1 saturated heterocycles. The second-order valence-corrected chi connectivity index (χ2v) is 5.65. The van der Waals surface area contributed by atoms with Gasteiger partial charge in [0, 0.05) is 13.1 Å². The number of nitrogens with zero attached hydrogens (tertiary/aromatic N) is 3. The first kappa shape index (κ1) is 12.8. The summed E-state index contributed by atoms with van der Waals surface area (Å²) in [6.07, 6.45) is 5.11. The largest absolute Gasteiger partial charge is 0.394 e. The highest BCUT2D eigenvalue weighted by Crippen LogP contribution is 2.36. The van der Waals surface area contributed by atoms with Gasteiger partial charge in [-0.15, -0.1) is 0 Å². The zero-order valence-electron chi connectivity index (χ0n) is 11.9. The van der Waals surface area contributed by atoms with Gasteiger partial charge in [0.2, 0.25) is 0 Å². The Morgan fingerprint density at radius 2 is 2.26 bits per heavy atom. The van der Waals surface area contributed by atoms with Gasteiger partial charge in [-0.1, -0.05) is 6.92 Å². The molecule has 2 fully saturated rings. The number of morpholine rings is 1. The first-order valence-corrected chi connectivity index (χ1v) is 7.43. The van der Waals surface area contributed by atoms with Crippen LogP contribution >= 0.6 is 0 Å². The van der Waals surface area contributed by atoms with Crippen LogP contribution in [0.2, 0.25) is 0 Å². The summed E-state index contributed by atoms with van der Waals surface area (Å²) in [6.45, 7) is 6.84. The molecular weight excluding hydrogens is 240 g/mol. The van der Waals surface area contributed by atoms with E-state index in [0.717, 1.165) is 43.3 Å². The number of nitrogen functional groups attached to an aromatic ring is 1. The average Bonchev–Trinajstić information content (AvgIpc) is 2.96. The molecule has 1 aromatic heterocycles. The van der Waals surface area contributed by atoms with E-state index in [4.69, 9.17) is 10.5 Å². The molecule has 1 aromatic rings. The third-order valence-electron chi connectivity index (χ3n) is 4.34. The molecule has 2 N–H and O–H groups in total. The van der Waals surface area contributed by atoms with E-state index in [2.05, 4.69) is 21.6 Å². The van der Waals surface area contributed by atoms with Crippen LogP contribution in [0.5, 0.6) is 0 Å². The Morgan fingerprint density at radius 3 is 3.05 bits per heavy atom. The van der Waals surface area contributed by atoms with Crippen LogP contribution < -0.4 is 10.6 Å². The zero-order valence-corrected chi connectivity index (χ0v) is 11.9. The lowest BCUT2D eigenvalue weighted by atomic mass is 10.1. The molecule has 1 aliphatic heterocycles. The van der Waals surface area contributed by atoms with E-state index < -0.39 is 0 Å². The molecule has 0 spiro atoms. The van der Waals surface area contributed by atoms with Crippen molar-refractivity contribution in [1.29, 1.82) is 0 Å². The van der Waals surface area contributed by atoms with Crippen molar-refractivity contribution in [3.05, 3.63) is 5.69 Å². The van der Waals surface area contributed by atoms with E-state index >= 15 is 0 Å². The number of rotatable bonds is 3. The first-order valence-electron chi connectivity index (χ1n) is 7.43. The second kappa shape index (κ2) is 5.04. The topological polar surface area (TPSA) is 56.3 Å². The van der Waals surface area contributed by atoms with E-state index in [-0.39, 0.29) is 0 Å². The number of hydrogen-bond donors (Lipinski definition) is 1. The molecular formula is C14H24N4O. The zero-order chi connectivity index (χ0) is 13.4. The Kier molecular flexibility index (Phi) is 3.39. The molecule has 1 aliphatic carbocycles. The third-order valence-corrected chi connectivity index (χ3v) is 4.34. The van der Waals surface area contributed by atoms with E-state index in [1.165, 1.54) is 19.3 Å².